The molecule has 8 nitrogen and oxygen atoms in total. The van der Waals surface area contributed by atoms with E-state index in [-0.39, 0.29) is 12.5 Å². The fourth-order valence-corrected chi connectivity index (χ4v) is 2.55. The van der Waals surface area contributed by atoms with Crippen LogP contribution in [0.5, 0.6) is 0 Å². The minimum absolute atomic E-state index is 0.181. The molecule has 22 heavy (non-hydrogen) atoms. The zero-order chi connectivity index (χ0) is 15.7. The molecule has 2 aromatic rings. The normalized spacial score (nSPS) is 21.0. The molecule has 1 fully saturated rings. The molecule has 1 aliphatic rings. The maximum atomic E-state index is 12.6. The van der Waals surface area contributed by atoms with Crippen molar-refractivity contribution in [3.8, 4) is 5.69 Å². The van der Waals surface area contributed by atoms with E-state index in [9.17, 15) is 14.7 Å². The molecule has 1 aromatic carbocycles. The van der Waals surface area contributed by atoms with E-state index in [0.29, 0.717) is 24.2 Å². The third-order valence-corrected chi connectivity index (χ3v) is 3.98. The lowest BCUT2D eigenvalue weighted by atomic mass is 9.90. The average molecular weight is 301 g/mol. The van der Waals surface area contributed by atoms with Gasteiger partial charge in [-0.15, -0.1) is 5.10 Å². The van der Waals surface area contributed by atoms with Gasteiger partial charge in [-0.05, 0) is 42.0 Å². The van der Waals surface area contributed by atoms with Crippen molar-refractivity contribution in [2.24, 2.45) is 5.41 Å². The van der Waals surface area contributed by atoms with Crippen LogP contribution in [0.15, 0.2) is 30.6 Å². The van der Waals surface area contributed by atoms with Gasteiger partial charge in [-0.2, -0.15) is 0 Å². The molecule has 0 aliphatic carbocycles. The highest BCUT2D eigenvalue weighted by Crippen LogP contribution is 2.31. The van der Waals surface area contributed by atoms with Crippen molar-refractivity contribution in [3.05, 3.63) is 36.2 Å². The number of nitrogens with zero attached hydrogens (tertiary/aromatic N) is 5. The smallest absolute Gasteiger partial charge is 0.311 e. The molecule has 1 atom stereocenters. The number of aliphatic carboxylic acids is 1. The molecule has 8 heteroatoms. The Balaban J connectivity index is 1.82. The molecule has 0 spiro atoms. The van der Waals surface area contributed by atoms with Crippen LogP contribution >= 0.6 is 0 Å². The first-order chi connectivity index (χ1) is 10.5. The van der Waals surface area contributed by atoms with Gasteiger partial charge in [0, 0.05) is 18.7 Å². The van der Waals surface area contributed by atoms with Crippen LogP contribution in [0.1, 0.15) is 23.7 Å². The molecule has 0 radical (unpaired) electrons. The second-order valence-corrected chi connectivity index (χ2v) is 5.65. The zero-order valence-electron chi connectivity index (χ0n) is 12.0. The van der Waals surface area contributed by atoms with Gasteiger partial charge in [0.05, 0.1) is 11.1 Å². The lowest BCUT2D eigenvalue weighted by Crippen LogP contribution is -2.34. The summed E-state index contributed by atoms with van der Waals surface area (Å²) < 4.78 is 1.46. The van der Waals surface area contributed by atoms with Gasteiger partial charge in [0.2, 0.25) is 0 Å². The van der Waals surface area contributed by atoms with Crippen molar-refractivity contribution in [1.82, 2.24) is 25.1 Å². The number of benzene rings is 1. The molecule has 0 bridgehead atoms. The monoisotopic (exact) mass is 301 g/mol. The summed E-state index contributed by atoms with van der Waals surface area (Å²) in [4.78, 5) is 25.4. The fraction of sp³-hybridized carbons (Fsp3) is 0.357. The molecule has 114 valence electrons. The molecule has 1 unspecified atom stereocenters. The quantitative estimate of drug-likeness (QED) is 0.890. The van der Waals surface area contributed by atoms with Gasteiger partial charge < -0.3 is 10.0 Å². The fourth-order valence-electron chi connectivity index (χ4n) is 2.55. The third-order valence-electron chi connectivity index (χ3n) is 3.98. The Morgan fingerprint density at radius 2 is 2.18 bits per heavy atom. The van der Waals surface area contributed by atoms with Crippen molar-refractivity contribution in [2.45, 2.75) is 13.3 Å². The van der Waals surface area contributed by atoms with Crippen molar-refractivity contribution >= 4 is 11.9 Å². The molecule has 0 saturated carbocycles. The number of rotatable bonds is 3. The standard InChI is InChI=1S/C14H15N5O3/c1-14(13(21)22)5-6-18(8-14)12(20)10-3-2-4-11(7-10)19-9-15-16-17-19/h2-4,7,9H,5-6,8H2,1H3,(H,21,22). The van der Waals surface area contributed by atoms with E-state index in [4.69, 9.17) is 0 Å². The predicted molar refractivity (Wildman–Crippen MR) is 75.4 cm³/mol. The zero-order valence-corrected chi connectivity index (χ0v) is 12.0. The second kappa shape index (κ2) is 5.21. The van der Waals surface area contributed by atoms with E-state index in [1.165, 1.54) is 11.0 Å². The lowest BCUT2D eigenvalue weighted by molar-refractivity contribution is -0.147. The van der Waals surface area contributed by atoms with E-state index in [1.807, 2.05) is 0 Å². The Bertz CT molecular complexity index is 715. The Morgan fingerprint density at radius 3 is 2.82 bits per heavy atom. The molecule has 1 aliphatic heterocycles. The Morgan fingerprint density at radius 1 is 1.36 bits per heavy atom. The van der Waals surface area contributed by atoms with Crippen LogP contribution in [-0.4, -0.2) is 55.2 Å². The number of carbonyl (C=O) groups is 2. The molecular formula is C14H15N5O3. The Labute approximate surface area is 126 Å². The van der Waals surface area contributed by atoms with E-state index in [1.54, 1.807) is 36.1 Å². The molecule has 1 N–H and O–H groups in total. The maximum Gasteiger partial charge on any atom is 0.311 e. The number of hydrogen-bond donors (Lipinski definition) is 1. The number of carboxylic acid groups (broad SMARTS) is 1. The maximum absolute atomic E-state index is 12.6. The second-order valence-electron chi connectivity index (χ2n) is 5.65. The third kappa shape index (κ3) is 2.43. The van der Waals surface area contributed by atoms with Gasteiger partial charge in [-0.25, -0.2) is 4.68 Å². The largest absolute Gasteiger partial charge is 0.481 e. The summed E-state index contributed by atoms with van der Waals surface area (Å²) in [7, 11) is 0. The van der Waals surface area contributed by atoms with Crippen molar-refractivity contribution in [3.63, 3.8) is 0 Å². The van der Waals surface area contributed by atoms with Crippen LogP contribution in [-0.2, 0) is 4.79 Å². The number of hydrogen-bond acceptors (Lipinski definition) is 5. The van der Waals surface area contributed by atoms with E-state index in [2.05, 4.69) is 15.5 Å². The summed E-state index contributed by atoms with van der Waals surface area (Å²) in [6.07, 6.45) is 1.90. The highest BCUT2D eigenvalue weighted by molar-refractivity contribution is 5.95. The first kappa shape index (κ1) is 14.2. The SMILES string of the molecule is CC1(C(=O)O)CCN(C(=O)c2cccc(-n3cnnn3)c2)C1. The predicted octanol–water partition coefficient (Wildman–Crippen LogP) is 0.599. The van der Waals surface area contributed by atoms with Crippen LogP contribution in [0.3, 0.4) is 0 Å². The molecule has 1 amide bonds. The Hall–Kier alpha value is -2.77. The van der Waals surface area contributed by atoms with E-state index in [0.717, 1.165) is 0 Å². The van der Waals surface area contributed by atoms with Gasteiger partial charge >= 0.3 is 5.97 Å². The summed E-state index contributed by atoms with van der Waals surface area (Å²) in [5.74, 6) is -1.05. The summed E-state index contributed by atoms with van der Waals surface area (Å²) in [6.45, 7) is 2.33. The van der Waals surface area contributed by atoms with Gasteiger partial charge in [0.1, 0.15) is 6.33 Å². The van der Waals surface area contributed by atoms with Crippen LogP contribution in [0.4, 0.5) is 0 Å². The van der Waals surface area contributed by atoms with Crippen molar-refractivity contribution in [1.29, 1.82) is 0 Å². The molecular weight excluding hydrogens is 286 g/mol. The summed E-state index contributed by atoms with van der Waals surface area (Å²) in [5, 5.41) is 20.2. The number of amides is 1. The van der Waals surface area contributed by atoms with Crippen LogP contribution in [0, 0.1) is 5.41 Å². The van der Waals surface area contributed by atoms with E-state index < -0.39 is 11.4 Å². The van der Waals surface area contributed by atoms with Crippen LogP contribution < -0.4 is 0 Å². The molecule has 1 saturated heterocycles. The number of aromatic nitrogens is 4. The van der Waals surface area contributed by atoms with Crippen LogP contribution in [0.25, 0.3) is 5.69 Å². The van der Waals surface area contributed by atoms with Crippen molar-refractivity contribution < 1.29 is 14.7 Å². The van der Waals surface area contributed by atoms with Crippen molar-refractivity contribution in [2.75, 3.05) is 13.1 Å². The summed E-state index contributed by atoms with van der Waals surface area (Å²) in [5.41, 5.74) is 0.294. The minimum Gasteiger partial charge on any atom is -0.481 e. The van der Waals surface area contributed by atoms with Crippen LogP contribution in [0.2, 0.25) is 0 Å². The summed E-state index contributed by atoms with van der Waals surface area (Å²) in [6, 6.07) is 6.93. The lowest BCUT2D eigenvalue weighted by Gasteiger charge is -2.20. The first-order valence-electron chi connectivity index (χ1n) is 6.86. The number of carbonyl (C=O) groups excluding carboxylic acids is 1. The topological polar surface area (TPSA) is 101 Å². The van der Waals surface area contributed by atoms with Gasteiger partial charge in [0.25, 0.3) is 5.91 Å². The highest BCUT2D eigenvalue weighted by atomic mass is 16.4. The number of carboxylic acids is 1. The minimum atomic E-state index is -0.872. The van der Waals surface area contributed by atoms with Gasteiger partial charge in [0.15, 0.2) is 0 Å². The highest BCUT2D eigenvalue weighted by Gasteiger charge is 2.42. The van der Waals surface area contributed by atoms with Gasteiger partial charge in [-0.3, -0.25) is 9.59 Å². The molecule has 3 rings (SSSR count). The van der Waals surface area contributed by atoms with E-state index >= 15 is 0 Å². The average Bonchev–Trinajstić information content (AvgIpc) is 3.17. The number of likely N-dealkylation sites (tertiary alicyclic amines) is 1. The number of tetrazole rings is 1. The Kier molecular flexibility index (Phi) is 3.36. The van der Waals surface area contributed by atoms with Gasteiger partial charge in [-0.1, -0.05) is 6.07 Å². The summed E-state index contributed by atoms with van der Waals surface area (Å²) >= 11 is 0. The molecule has 2 heterocycles. The molecule has 1 aromatic heterocycles. The first-order valence-corrected chi connectivity index (χ1v) is 6.86.